The zero-order valence-electron chi connectivity index (χ0n) is 11.2. The summed E-state index contributed by atoms with van der Waals surface area (Å²) in [5, 5.41) is 0. The van der Waals surface area contributed by atoms with Crippen LogP contribution in [0, 0.1) is 5.41 Å². The van der Waals surface area contributed by atoms with Crippen molar-refractivity contribution >= 4 is 5.97 Å². The highest BCUT2D eigenvalue weighted by Crippen LogP contribution is 2.22. The highest BCUT2D eigenvalue weighted by molar-refractivity contribution is 5.75. The molecule has 2 nitrogen and oxygen atoms in total. The maximum atomic E-state index is 11.8. The quantitative estimate of drug-likeness (QED) is 0.726. The molecule has 0 saturated heterocycles. The lowest BCUT2D eigenvalue weighted by Gasteiger charge is -2.20. The third-order valence-corrected chi connectivity index (χ3v) is 3.24. The first-order chi connectivity index (χ1) is 7.99. The lowest BCUT2D eigenvalue weighted by molar-refractivity contribution is -0.155. The second-order valence-corrected chi connectivity index (χ2v) is 4.98. The SMILES string of the molecule is CCc1ccc(COC(=O)C(C)(C)CC)cc1. The maximum Gasteiger partial charge on any atom is 0.311 e. The Balaban J connectivity index is 2.53. The molecule has 1 aromatic carbocycles. The molecule has 2 heteroatoms. The van der Waals surface area contributed by atoms with Crippen LogP contribution in [0.15, 0.2) is 24.3 Å². The average molecular weight is 234 g/mol. The molecule has 0 aromatic heterocycles. The third kappa shape index (κ3) is 3.88. The topological polar surface area (TPSA) is 26.3 Å². The Labute approximate surface area is 104 Å². The molecule has 0 atom stereocenters. The molecule has 0 aliphatic carbocycles. The molecule has 0 heterocycles. The van der Waals surface area contributed by atoms with E-state index in [2.05, 4.69) is 19.1 Å². The second-order valence-electron chi connectivity index (χ2n) is 4.98. The van der Waals surface area contributed by atoms with E-state index in [1.807, 2.05) is 32.9 Å². The fourth-order valence-corrected chi connectivity index (χ4v) is 1.36. The molecule has 0 bridgehead atoms. The van der Waals surface area contributed by atoms with Crippen LogP contribution in [0.5, 0.6) is 0 Å². The van der Waals surface area contributed by atoms with Gasteiger partial charge in [-0.25, -0.2) is 0 Å². The van der Waals surface area contributed by atoms with Gasteiger partial charge in [-0.3, -0.25) is 4.79 Å². The van der Waals surface area contributed by atoms with Crippen molar-refractivity contribution in [2.75, 3.05) is 0 Å². The van der Waals surface area contributed by atoms with Crippen LogP contribution in [0.4, 0.5) is 0 Å². The van der Waals surface area contributed by atoms with Gasteiger partial charge in [-0.05, 0) is 37.8 Å². The van der Waals surface area contributed by atoms with Crippen molar-refractivity contribution in [2.45, 2.75) is 47.1 Å². The molecule has 0 aliphatic heterocycles. The van der Waals surface area contributed by atoms with E-state index in [4.69, 9.17) is 4.74 Å². The van der Waals surface area contributed by atoms with E-state index in [9.17, 15) is 4.79 Å². The number of aryl methyl sites for hydroxylation is 1. The Bertz CT molecular complexity index is 363. The third-order valence-electron chi connectivity index (χ3n) is 3.24. The minimum atomic E-state index is -0.386. The number of carbonyl (C=O) groups excluding carboxylic acids is 1. The summed E-state index contributed by atoms with van der Waals surface area (Å²) in [6.07, 6.45) is 1.82. The minimum Gasteiger partial charge on any atom is -0.460 e. The predicted molar refractivity (Wildman–Crippen MR) is 69.7 cm³/mol. The largest absolute Gasteiger partial charge is 0.460 e. The lowest BCUT2D eigenvalue weighted by atomic mass is 9.91. The van der Waals surface area contributed by atoms with Crippen LogP contribution in [-0.2, 0) is 22.6 Å². The molecule has 0 saturated carbocycles. The van der Waals surface area contributed by atoms with E-state index in [-0.39, 0.29) is 11.4 Å². The molecule has 1 aromatic rings. The first kappa shape index (κ1) is 13.8. The van der Waals surface area contributed by atoms with Gasteiger partial charge in [-0.2, -0.15) is 0 Å². The zero-order valence-corrected chi connectivity index (χ0v) is 11.2. The smallest absolute Gasteiger partial charge is 0.311 e. The summed E-state index contributed by atoms with van der Waals surface area (Å²) >= 11 is 0. The number of ether oxygens (including phenoxy) is 1. The molecule has 17 heavy (non-hydrogen) atoms. The van der Waals surface area contributed by atoms with Crippen LogP contribution < -0.4 is 0 Å². The number of benzene rings is 1. The van der Waals surface area contributed by atoms with Gasteiger partial charge in [0.15, 0.2) is 0 Å². The summed E-state index contributed by atoms with van der Waals surface area (Å²) in [7, 11) is 0. The molecule has 0 N–H and O–H groups in total. The number of rotatable bonds is 5. The molecule has 94 valence electrons. The van der Waals surface area contributed by atoms with Crippen molar-refractivity contribution in [3.05, 3.63) is 35.4 Å². The Morgan fingerprint density at radius 1 is 1.12 bits per heavy atom. The molecular weight excluding hydrogens is 212 g/mol. The number of esters is 1. The number of hydrogen-bond donors (Lipinski definition) is 0. The van der Waals surface area contributed by atoms with Crippen molar-refractivity contribution in [3.8, 4) is 0 Å². The van der Waals surface area contributed by atoms with Gasteiger partial charge in [0, 0.05) is 0 Å². The Kier molecular flexibility index (Phi) is 4.73. The van der Waals surface area contributed by atoms with Crippen molar-refractivity contribution in [3.63, 3.8) is 0 Å². The van der Waals surface area contributed by atoms with Crippen molar-refractivity contribution in [2.24, 2.45) is 5.41 Å². The lowest BCUT2D eigenvalue weighted by Crippen LogP contribution is -2.25. The first-order valence-electron chi connectivity index (χ1n) is 6.24. The van der Waals surface area contributed by atoms with Gasteiger partial charge in [0.25, 0.3) is 0 Å². The van der Waals surface area contributed by atoms with Crippen LogP contribution >= 0.6 is 0 Å². The fourth-order valence-electron chi connectivity index (χ4n) is 1.36. The Morgan fingerprint density at radius 3 is 2.12 bits per heavy atom. The van der Waals surface area contributed by atoms with Crippen molar-refractivity contribution in [1.82, 2.24) is 0 Å². The van der Waals surface area contributed by atoms with Gasteiger partial charge in [-0.15, -0.1) is 0 Å². The highest BCUT2D eigenvalue weighted by Gasteiger charge is 2.26. The van der Waals surface area contributed by atoms with Crippen LogP contribution in [-0.4, -0.2) is 5.97 Å². The van der Waals surface area contributed by atoms with Crippen molar-refractivity contribution < 1.29 is 9.53 Å². The summed E-state index contributed by atoms with van der Waals surface area (Å²) < 4.78 is 5.32. The van der Waals surface area contributed by atoms with Gasteiger partial charge in [0.1, 0.15) is 6.61 Å². The second kappa shape index (κ2) is 5.85. The van der Waals surface area contributed by atoms with Crippen LogP contribution in [0.2, 0.25) is 0 Å². The molecule has 0 aliphatic rings. The summed E-state index contributed by atoms with van der Waals surface area (Å²) in [5.74, 6) is -0.125. The van der Waals surface area contributed by atoms with Gasteiger partial charge in [0.05, 0.1) is 5.41 Å². The van der Waals surface area contributed by atoms with E-state index >= 15 is 0 Å². The van der Waals surface area contributed by atoms with Gasteiger partial charge in [-0.1, -0.05) is 38.1 Å². The molecule has 0 radical (unpaired) electrons. The highest BCUT2D eigenvalue weighted by atomic mass is 16.5. The van der Waals surface area contributed by atoms with E-state index in [1.165, 1.54) is 5.56 Å². The maximum absolute atomic E-state index is 11.8. The normalized spacial score (nSPS) is 11.3. The standard InChI is InChI=1S/C15H22O2/c1-5-12-7-9-13(10-8-12)11-17-14(16)15(3,4)6-2/h7-10H,5-6,11H2,1-4H3. The monoisotopic (exact) mass is 234 g/mol. The Morgan fingerprint density at radius 2 is 1.65 bits per heavy atom. The van der Waals surface area contributed by atoms with Gasteiger partial charge in [0.2, 0.25) is 0 Å². The summed E-state index contributed by atoms with van der Waals surface area (Å²) in [6.45, 7) is 8.31. The van der Waals surface area contributed by atoms with E-state index < -0.39 is 0 Å². The summed E-state index contributed by atoms with van der Waals surface area (Å²) in [4.78, 5) is 11.8. The zero-order chi connectivity index (χ0) is 12.9. The number of hydrogen-bond acceptors (Lipinski definition) is 2. The predicted octanol–water partition coefficient (Wildman–Crippen LogP) is 3.73. The minimum absolute atomic E-state index is 0.125. The van der Waals surface area contributed by atoms with E-state index in [0.29, 0.717) is 6.61 Å². The van der Waals surface area contributed by atoms with Gasteiger partial charge < -0.3 is 4.74 Å². The van der Waals surface area contributed by atoms with Crippen molar-refractivity contribution in [1.29, 1.82) is 0 Å². The van der Waals surface area contributed by atoms with Crippen LogP contribution in [0.1, 0.15) is 45.2 Å². The first-order valence-corrected chi connectivity index (χ1v) is 6.24. The Hall–Kier alpha value is -1.31. The molecule has 0 fully saturated rings. The fraction of sp³-hybridized carbons (Fsp3) is 0.533. The summed E-state index contributed by atoms with van der Waals surface area (Å²) in [5.41, 5.74) is 1.96. The molecule has 1 rings (SSSR count). The van der Waals surface area contributed by atoms with Crippen LogP contribution in [0.3, 0.4) is 0 Å². The van der Waals surface area contributed by atoms with E-state index in [0.717, 1.165) is 18.4 Å². The van der Waals surface area contributed by atoms with Gasteiger partial charge >= 0.3 is 5.97 Å². The van der Waals surface area contributed by atoms with E-state index in [1.54, 1.807) is 0 Å². The molecule has 0 amide bonds. The van der Waals surface area contributed by atoms with Crippen LogP contribution in [0.25, 0.3) is 0 Å². The molecule has 0 spiro atoms. The summed E-state index contributed by atoms with van der Waals surface area (Å²) in [6, 6.07) is 8.19. The molecule has 0 unspecified atom stereocenters. The number of carbonyl (C=O) groups is 1. The molecular formula is C15H22O2. The average Bonchev–Trinajstić information content (AvgIpc) is 2.36.